The monoisotopic (exact) mass is 338 g/mol. The number of aliphatic hydroxyl groups excluding tert-OH is 2. The lowest BCUT2D eigenvalue weighted by molar-refractivity contribution is -0.409. The highest BCUT2D eigenvalue weighted by Gasteiger charge is 2.82. The summed E-state index contributed by atoms with van der Waals surface area (Å²) in [7, 11) is 0. The average Bonchev–Trinajstić information content (AvgIpc) is 2.59. The van der Waals surface area contributed by atoms with Crippen molar-refractivity contribution >= 4 is 5.97 Å². The fourth-order valence-electron chi connectivity index (χ4n) is 1.64. The number of rotatable bonds is 4. The highest BCUT2D eigenvalue weighted by Crippen LogP contribution is 2.54. The largest absolute Gasteiger partial charge is 0.450 e. The summed E-state index contributed by atoms with van der Waals surface area (Å²) in [5, 5.41) is 27.1. The Morgan fingerprint density at radius 2 is 1.73 bits per heavy atom. The molecule has 6 nitrogen and oxygen atoms in total. The molecule has 1 saturated heterocycles. The van der Waals surface area contributed by atoms with Crippen LogP contribution in [0.2, 0.25) is 0 Å². The van der Waals surface area contributed by atoms with Crippen LogP contribution in [0.1, 0.15) is 13.8 Å². The van der Waals surface area contributed by atoms with Gasteiger partial charge in [0.2, 0.25) is 5.60 Å². The predicted octanol–water partition coefficient (Wildman–Crippen LogP) is 0.196. The third-order valence-corrected chi connectivity index (χ3v) is 3.54. The van der Waals surface area contributed by atoms with Gasteiger partial charge in [-0.1, -0.05) is 0 Å². The summed E-state index contributed by atoms with van der Waals surface area (Å²) in [5.41, 5.74) is -5.14. The molecule has 0 aliphatic carbocycles. The molecule has 0 amide bonds. The molecule has 1 aliphatic rings. The van der Waals surface area contributed by atoms with Crippen molar-refractivity contribution < 1.29 is 51.5 Å². The van der Waals surface area contributed by atoms with E-state index in [4.69, 9.17) is 15.3 Å². The molecule has 3 N–H and O–H groups in total. The van der Waals surface area contributed by atoms with Gasteiger partial charge in [-0.15, -0.1) is 0 Å². The molecule has 0 bridgehead atoms. The standard InChI is InChI=1S/C11H15F5O6/c1-7(3-17,4-18)6(19)22-8(2)5-21-10(20,9(8,12)13)11(14,15)16/h17-18,20H,3-5H2,1-2H3. The van der Waals surface area contributed by atoms with Crippen molar-refractivity contribution in [1.29, 1.82) is 0 Å². The van der Waals surface area contributed by atoms with E-state index in [2.05, 4.69) is 9.47 Å². The van der Waals surface area contributed by atoms with Crippen LogP contribution in [0.15, 0.2) is 0 Å². The van der Waals surface area contributed by atoms with Gasteiger partial charge in [0.1, 0.15) is 5.41 Å². The van der Waals surface area contributed by atoms with Crippen molar-refractivity contribution in [1.82, 2.24) is 0 Å². The van der Waals surface area contributed by atoms with Gasteiger partial charge in [-0.05, 0) is 13.8 Å². The second kappa shape index (κ2) is 5.25. The molecule has 0 aromatic carbocycles. The van der Waals surface area contributed by atoms with E-state index in [1.807, 2.05) is 0 Å². The number of halogens is 5. The molecule has 0 saturated carbocycles. The fourth-order valence-corrected chi connectivity index (χ4v) is 1.64. The van der Waals surface area contributed by atoms with Gasteiger partial charge >= 0.3 is 23.9 Å². The molecule has 0 aromatic heterocycles. The normalized spacial score (nSPS) is 32.1. The minimum atomic E-state index is -5.84. The smallest absolute Gasteiger partial charge is 0.449 e. The first kappa shape index (κ1) is 19.0. The maximum Gasteiger partial charge on any atom is 0.449 e. The average molecular weight is 338 g/mol. The van der Waals surface area contributed by atoms with E-state index in [-0.39, 0.29) is 0 Å². The van der Waals surface area contributed by atoms with Crippen LogP contribution in [-0.4, -0.2) is 64.6 Å². The molecule has 2 atom stereocenters. The third-order valence-electron chi connectivity index (χ3n) is 3.54. The van der Waals surface area contributed by atoms with E-state index in [9.17, 15) is 26.7 Å². The van der Waals surface area contributed by atoms with Gasteiger partial charge in [0.25, 0.3) is 0 Å². The summed E-state index contributed by atoms with van der Waals surface area (Å²) < 4.78 is 74.0. The first-order valence-corrected chi connectivity index (χ1v) is 5.97. The number of carbonyl (C=O) groups excluding carboxylic acids is 1. The molecule has 0 spiro atoms. The van der Waals surface area contributed by atoms with Gasteiger partial charge in [0.05, 0.1) is 19.8 Å². The quantitative estimate of drug-likeness (QED) is 0.500. The van der Waals surface area contributed by atoms with Crippen LogP contribution in [0.5, 0.6) is 0 Å². The maximum atomic E-state index is 14.0. The Hall–Kier alpha value is -1.04. The lowest BCUT2D eigenvalue weighted by Crippen LogP contribution is -2.64. The van der Waals surface area contributed by atoms with Crippen LogP contribution in [0, 0.1) is 5.41 Å². The van der Waals surface area contributed by atoms with Crippen LogP contribution >= 0.6 is 0 Å². The molecule has 1 aliphatic heterocycles. The van der Waals surface area contributed by atoms with E-state index >= 15 is 0 Å². The van der Waals surface area contributed by atoms with E-state index < -0.39 is 54.7 Å². The van der Waals surface area contributed by atoms with Crippen LogP contribution in [-0.2, 0) is 14.3 Å². The Balaban J connectivity index is 3.14. The van der Waals surface area contributed by atoms with E-state index in [1.54, 1.807) is 0 Å². The molecule has 0 aromatic rings. The number of carbonyl (C=O) groups is 1. The third kappa shape index (κ3) is 2.45. The van der Waals surface area contributed by atoms with Crippen molar-refractivity contribution in [2.45, 2.75) is 37.3 Å². The van der Waals surface area contributed by atoms with Crippen LogP contribution < -0.4 is 0 Å². The van der Waals surface area contributed by atoms with E-state index in [1.165, 1.54) is 0 Å². The maximum absolute atomic E-state index is 14.0. The van der Waals surface area contributed by atoms with Gasteiger partial charge in [0.15, 0.2) is 0 Å². The molecule has 1 heterocycles. The van der Waals surface area contributed by atoms with Gasteiger partial charge < -0.3 is 24.8 Å². The zero-order chi connectivity index (χ0) is 17.6. The summed E-state index contributed by atoms with van der Waals surface area (Å²) in [4.78, 5) is 11.7. The molecule has 1 rings (SSSR count). The molecular weight excluding hydrogens is 323 g/mol. The number of ether oxygens (including phenoxy) is 2. The van der Waals surface area contributed by atoms with Crippen LogP contribution in [0.25, 0.3) is 0 Å². The molecule has 22 heavy (non-hydrogen) atoms. The van der Waals surface area contributed by atoms with Crippen LogP contribution in [0.4, 0.5) is 22.0 Å². The summed E-state index contributed by atoms with van der Waals surface area (Å²) in [6, 6.07) is 0. The van der Waals surface area contributed by atoms with Gasteiger partial charge in [-0.2, -0.15) is 22.0 Å². The van der Waals surface area contributed by atoms with Crippen molar-refractivity contribution in [2.75, 3.05) is 19.8 Å². The molecule has 130 valence electrons. The van der Waals surface area contributed by atoms with Crippen molar-refractivity contribution in [3.8, 4) is 0 Å². The second-order valence-corrected chi connectivity index (χ2v) is 5.50. The summed E-state index contributed by atoms with van der Waals surface area (Å²) in [6.45, 7) is -2.01. The summed E-state index contributed by atoms with van der Waals surface area (Å²) in [6.07, 6.45) is -5.84. The highest BCUT2D eigenvalue weighted by atomic mass is 19.4. The lowest BCUT2D eigenvalue weighted by Gasteiger charge is -2.37. The molecular formula is C11H15F5O6. The Morgan fingerprint density at radius 1 is 1.27 bits per heavy atom. The predicted molar refractivity (Wildman–Crippen MR) is 58.7 cm³/mol. The zero-order valence-corrected chi connectivity index (χ0v) is 11.6. The number of hydrogen-bond acceptors (Lipinski definition) is 6. The fraction of sp³-hybridized carbons (Fsp3) is 0.909. The Bertz CT molecular complexity index is 449. The molecule has 0 radical (unpaired) electrons. The first-order valence-electron chi connectivity index (χ1n) is 5.97. The van der Waals surface area contributed by atoms with Gasteiger partial charge in [-0.25, -0.2) is 0 Å². The minimum absolute atomic E-state index is 0.448. The molecule has 2 unspecified atom stereocenters. The van der Waals surface area contributed by atoms with E-state index in [0.29, 0.717) is 6.92 Å². The summed E-state index contributed by atoms with van der Waals surface area (Å²) >= 11 is 0. The summed E-state index contributed by atoms with van der Waals surface area (Å²) in [5.74, 6) is -11.4. The Morgan fingerprint density at radius 3 is 2.05 bits per heavy atom. The second-order valence-electron chi connectivity index (χ2n) is 5.50. The number of alkyl halides is 5. The van der Waals surface area contributed by atoms with E-state index in [0.717, 1.165) is 6.92 Å². The molecule has 11 heteroatoms. The Kier molecular flexibility index (Phi) is 4.54. The number of aliphatic hydroxyl groups is 3. The Labute approximate surface area is 121 Å². The van der Waals surface area contributed by atoms with Crippen LogP contribution in [0.3, 0.4) is 0 Å². The minimum Gasteiger partial charge on any atom is -0.450 e. The van der Waals surface area contributed by atoms with Crippen molar-refractivity contribution in [3.63, 3.8) is 0 Å². The highest BCUT2D eigenvalue weighted by molar-refractivity contribution is 5.77. The first-order chi connectivity index (χ1) is 9.71. The molecule has 1 fully saturated rings. The SMILES string of the molecule is CC(CO)(CO)C(=O)OC1(C)COC(O)(C(F)(F)F)C1(F)F. The lowest BCUT2D eigenvalue weighted by atomic mass is 9.90. The van der Waals surface area contributed by atoms with Crippen molar-refractivity contribution in [3.05, 3.63) is 0 Å². The topological polar surface area (TPSA) is 96.2 Å². The zero-order valence-electron chi connectivity index (χ0n) is 11.6. The van der Waals surface area contributed by atoms with Gasteiger partial charge in [0, 0.05) is 0 Å². The van der Waals surface area contributed by atoms with Gasteiger partial charge in [-0.3, -0.25) is 4.79 Å². The number of esters is 1. The number of hydrogen-bond donors (Lipinski definition) is 3. The van der Waals surface area contributed by atoms with Crippen molar-refractivity contribution in [2.24, 2.45) is 5.41 Å².